The fourth-order valence-electron chi connectivity index (χ4n) is 10.3. The summed E-state index contributed by atoms with van der Waals surface area (Å²) in [6.45, 7) is 31.0. The van der Waals surface area contributed by atoms with Gasteiger partial charge in [0.05, 0.1) is 52.9 Å². The van der Waals surface area contributed by atoms with Crippen molar-refractivity contribution in [2.24, 2.45) is 23.7 Å². The molecule has 0 aliphatic carbocycles. The lowest BCUT2D eigenvalue weighted by Gasteiger charge is -2.14. The molecule has 4 N–H and O–H groups in total. The average Bonchev–Trinajstić information content (AvgIpc) is 0.884. The molecule has 16 nitrogen and oxygen atoms in total. The molecule has 8 rings (SSSR count). The highest BCUT2D eigenvalue weighted by atomic mass is 16.5. The largest absolute Gasteiger partial charge is 0.494 e. The predicted molar refractivity (Wildman–Crippen MR) is 425 cm³/mol. The molecule has 2 atom stereocenters. The van der Waals surface area contributed by atoms with Crippen LogP contribution in [0.25, 0.3) is 0 Å². The highest BCUT2D eigenvalue weighted by Gasteiger charge is 2.13. The molecule has 0 aromatic heterocycles. The Morgan fingerprint density at radius 3 is 0.654 bits per heavy atom. The Hall–Kier alpha value is -9.96. The molecule has 104 heavy (non-hydrogen) atoms. The minimum atomic E-state index is -0.151. The number of hydrogen-bond donors (Lipinski definition) is 4. The molecule has 16 heteroatoms. The highest BCUT2D eigenvalue weighted by Crippen LogP contribution is 2.25. The van der Waals surface area contributed by atoms with Gasteiger partial charge in [-0.25, -0.2) is 0 Å². The normalized spacial score (nSPS) is 11.1. The molecule has 0 saturated carbocycles. The summed E-state index contributed by atoms with van der Waals surface area (Å²) in [5, 5.41) is 11.5. The highest BCUT2D eigenvalue weighted by molar-refractivity contribution is 6.06. The van der Waals surface area contributed by atoms with Gasteiger partial charge in [-0.1, -0.05) is 107 Å². The van der Waals surface area contributed by atoms with Crippen LogP contribution >= 0.6 is 0 Å². The number of benzene rings is 8. The van der Waals surface area contributed by atoms with Crippen molar-refractivity contribution in [3.63, 3.8) is 0 Å². The van der Waals surface area contributed by atoms with Crippen LogP contribution in [0.2, 0.25) is 0 Å². The van der Waals surface area contributed by atoms with Crippen LogP contribution in [0.3, 0.4) is 0 Å². The standard InChI is InChI=1S/C33H51NO3.C21H27NO3.2C17H19NO3/c1-25(2)9-7-11-27(5)21-23-36-31-17-13-29(14-18-31)33(35)34-30-15-19-32(20-16-30)37-24-22-28(6)12-8-10-26(3)4;1-3-5-15-24-19-11-7-17(8-12-19)21(23)22-18-9-13-20(14-10-18)25-16-6-4-2;2*1-3-20-15-9-5-13(6-10-15)17(19)18-14-7-11-16(12-8-14)21-4-2/h13-20,25-28H,7-12,21-24H2,1-6H3,(H,34,35);7-14H,3-6,15-16H2,1-2H3,(H,22,23);2*5-12H,3-4H2,1-2H3,(H,18,19). The first-order valence-electron chi connectivity index (χ1n) is 37.5. The number of hydrogen-bond acceptors (Lipinski definition) is 12. The zero-order valence-electron chi connectivity index (χ0n) is 63.8. The number of unbranched alkanes of at least 4 members (excludes halogenated alkanes) is 2. The van der Waals surface area contributed by atoms with Crippen molar-refractivity contribution in [1.82, 2.24) is 0 Å². The maximum absolute atomic E-state index is 12.7. The third-order valence-corrected chi connectivity index (χ3v) is 16.4. The van der Waals surface area contributed by atoms with Gasteiger partial charge in [-0.05, 0) is 271 Å². The van der Waals surface area contributed by atoms with Crippen LogP contribution in [0.5, 0.6) is 46.0 Å². The smallest absolute Gasteiger partial charge is 0.255 e. The third kappa shape index (κ3) is 34.8. The molecule has 0 heterocycles. The van der Waals surface area contributed by atoms with Gasteiger partial charge in [0.15, 0.2) is 0 Å². The molecule has 8 aromatic rings. The molecule has 2 unspecified atom stereocenters. The lowest BCUT2D eigenvalue weighted by molar-refractivity contribution is 0.101. The van der Waals surface area contributed by atoms with E-state index in [1.54, 1.807) is 60.7 Å². The Morgan fingerprint density at radius 2 is 0.452 bits per heavy atom. The first-order chi connectivity index (χ1) is 50.4. The Labute approximate surface area is 620 Å². The van der Waals surface area contributed by atoms with Crippen molar-refractivity contribution in [3.05, 3.63) is 216 Å². The molecule has 0 aliphatic rings. The van der Waals surface area contributed by atoms with Crippen molar-refractivity contribution in [2.75, 3.05) is 74.1 Å². The molecule has 4 amide bonds. The van der Waals surface area contributed by atoms with Gasteiger partial charge in [-0.2, -0.15) is 0 Å². The molecule has 560 valence electrons. The molecule has 0 radical (unpaired) electrons. The molecule has 8 aromatic carbocycles. The van der Waals surface area contributed by atoms with Crippen molar-refractivity contribution in [3.8, 4) is 46.0 Å². The van der Waals surface area contributed by atoms with E-state index in [1.165, 1.54) is 38.5 Å². The Balaban J connectivity index is 0.000000257. The Morgan fingerprint density at radius 1 is 0.250 bits per heavy atom. The van der Waals surface area contributed by atoms with Crippen LogP contribution in [0.4, 0.5) is 22.7 Å². The second kappa shape index (κ2) is 49.6. The number of anilines is 4. The van der Waals surface area contributed by atoms with Gasteiger partial charge in [-0.15, -0.1) is 0 Å². The minimum Gasteiger partial charge on any atom is -0.494 e. The molecular formula is C88H116N4O12. The number of nitrogens with one attached hydrogen (secondary N) is 4. The fraction of sp³-hybridized carbons (Fsp3) is 0.409. The molecule has 0 aliphatic heterocycles. The van der Waals surface area contributed by atoms with Crippen LogP contribution in [0, 0.1) is 23.7 Å². The van der Waals surface area contributed by atoms with E-state index in [0.29, 0.717) is 73.7 Å². The summed E-state index contributed by atoms with van der Waals surface area (Å²) in [7, 11) is 0. The van der Waals surface area contributed by atoms with Crippen LogP contribution in [0.1, 0.15) is 202 Å². The summed E-state index contributed by atoms with van der Waals surface area (Å²) < 4.78 is 44.5. The van der Waals surface area contributed by atoms with Crippen LogP contribution in [-0.4, -0.2) is 76.5 Å². The molecule has 0 saturated heterocycles. The first-order valence-corrected chi connectivity index (χ1v) is 37.5. The van der Waals surface area contributed by atoms with Crippen molar-refractivity contribution >= 4 is 46.4 Å². The maximum atomic E-state index is 12.7. The number of carbonyl (C=O) groups is 4. The summed E-state index contributed by atoms with van der Waals surface area (Å²) in [4.78, 5) is 49.2. The lowest BCUT2D eigenvalue weighted by Crippen LogP contribution is -2.12. The minimum absolute atomic E-state index is 0.130. The summed E-state index contributed by atoms with van der Waals surface area (Å²) in [5.74, 6) is 8.69. The van der Waals surface area contributed by atoms with E-state index in [1.807, 2.05) is 161 Å². The van der Waals surface area contributed by atoms with E-state index in [4.69, 9.17) is 37.9 Å². The van der Waals surface area contributed by atoms with Crippen LogP contribution in [0.15, 0.2) is 194 Å². The second-order valence-corrected chi connectivity index (χ2v) is 26.3. The SMILES string of the molecule is CC(C)CCCC(C)CCOc1ccc(NC(=O)c2ccc(OCCC(C)CCCC(C)C)cc2)cc1.CCCCOc1ccc(NC(=O)c2ccc(OCCCC)cc2)cc1.CCOc1ccc(NC(=O)c2ccc(OCC)cc2)cc1.CCOc1ccc(NC(=O)c2ccc(OCC)cc2)cc1. The summed E-state index contributed by atoms with van der Waals surface area (Å²) >= 11 is 0. The number of rotatable bonds is 40. The molecule has 0 fully saturated rings. The Bertz CT molecular complexity index is 3510. The monoisotopic (exact) mass is 1420 g/mol. The number of carbonyl (C=O) groups excluding carboxylic acids is 4. The Kier molecular flexibility index (Phi) is 40.4. The van der Waals surface area contributed by atoms with E-state index in [9.17, 15) is 19.2 Å². The fourth-order valence-corrected chi connectivity index (χ4v) is 10.3. The summed E-state index contributed by atoms with van der Waals surface area (Å²) in [6, 6.07) is 58.4. The zero-order valence-corrected chi connectivity index (χ0v) is 63.8. The topological polar surface area (TPSA) is 190 Å². The van der Waals surface area contributed by atoms with Crippen molar-refractivity contribution in [1.29, 1.82) is 0 Å². The summed E-state index contributed by atoms with van der Waals surface area (Å²) in [6.07, 6.45) is 14.1. The van der Waals surface area contributed by atoms with E-state index < -0.39 is 0 Å². The average molecular weight is 1420 g/mol. The second-order valence-electron chi connectivity index (χ2n) is 26.3. The number of amides is 4. The van der Waals surface area contributed by atoms with Crippen molar-refractivity contribution < 1.29 is 57.1 Å². The molecule has 0 spiro atoms. The van der Waals surface area contributed by atoms with Gasteiger partial charge in [0.2, 0.25) is 0 Å². The van der Waals surface area contributed by atoms with Gasteiger partial charge in [-0.3, -0.25) is 19.2 Å². The van der Waals surface area contributed by atoms with E-state index in [-0.39, 0.29) is 23.6 Å². The lowest BCUT2D eigenvalue weighted by atomic mass is 9.98. The maximum Gasteiger partial charge on any atom is 0.255 e. The third-order valence-electron chi connectivity index (χ3n) is 16.4. The number of ether oxygens (including phenoxy) is 8. The van der Waals surface area contributed by atoms with Crippen LogP contribution < -0.4 is 59.2 Å². The van der Waals surface area contributed by atoms with Gasteiger partial charge < -0.3 is 59.2 Å². The molecule has 0 bridgehead atoms. The predicted octanol–water partition coefficient (Wildman–Crippen LogP) is 22.2. The zero-order chi connectivity index (χ0) is 75.1. The van der Waals surface area contributed by atoms with Crippen molar-refractivity contribution in [2.45, 2.75) is 160 Å². The summed E-state index contributed by atoms with van der Waals surface area (Å²) in [5.41, 5.74) is 5.36. The van der Waals surface area contributed by atoms with E-state index >= 15 is 0 Å². The van der Waals surface area contributed by atoms with Gasteiger partial charge in [0.25, 0.3) is 23.6 Å². The molecular weight excluding hydrogens is 1300 g/mol. The van der Waals surface area contributed by atoms with Gasteiger partial charge >= 0.3 is 0 Å². The van der Waals surface area contributed by atoms with Gasteiger partial charge in [0, 0.05) is 45.0 Å². The van der Waals surface area contributed by atoms with Crippen LogP contribution in [-0.2, 0) is 0 Å². The van der Waals surface area contributed by atoms with E-state index in [0.717, 1.165) is 132 Å². The first kappa shape index (κ1) is 84.7. The van der Waals surface area contributed by atoms with E-state index in [2.05, 4.69) is 76.7 Å². The van der Waals surface area contributed by atoms with Gasteiger partial charge in [0.1, 0.15) is 46.0 Å². The quantitative estimate of drug-likeness (QED) is 0.0266.